The Morgan fingerprint density at radius 3 is 2.34 bits per heavy atom. The molecule has 3 rings (SSSR count). The molecule has 8 heteroatoms. The van der Waals surface area contributed by atoms with Crippen molar-refractivity contribution in [2.45, 2.75) is 44.0 Å². The number of carbonyl (C=O) groups excluding carboxylic acids is 1. The van der Waals surface area contributed by atoms with Gasteiger partial charge in [0.2, 0.25) is 15.9 Å². The van der Waals surface area contributed by atoms with Gasteiger partial charge in [0.1, 0.15) is 0 Å². The average Bonchev–Trinajstić information content (AvgIpc) is 2.78. The van der Waals surface area contributed by atoms with E-state index in [1.54, 1.807) is 30.7 Å². The van der Waals surface area contributed by atoms with Crippen LogP contribution in [0.2, 0.25) is 0 Å². The predicted octanol–water partition coefficient (Wildman–Crippen LogP) is 3.43. The summed E-state index contributed by atoms with van der Waals surface area (Å²) in [6.07, 6.45) is 5.19. The van der Waals surface area contributed by atoms with Crippen molar-refractivity contribution < 1.29 is 13.2 Å². The van der Waals surface area contributed by atoms with Crippen LogP contribution in [0.1, 0.15) is 38.3 Å². The van der Waals surface area contributed by atoms with Crippen LogP contribution in [0.25, 0.3) is 11.3 Å². The molecule has 0 bridgehead atoms. The van der Waals surface area contributed by atoms with Crippen LogP contribution in [0, 0.1) is 0 Å². The summed E-state index contributed by atoms with van der Waals surface area (Å²) < 4.78 is 27.4. The molecule has 2 N–H and O–H groups in total. The summed E-state index contributed by atoms with van der Waals surface area (Å²) in [7, 11) is -3.66. The lowest BCUT2D eigenvalue weighted by Gasteiger charge is -2.19. The molecule has 3 aromatic rings. The van der Waals surface area contributed by atoms with E-state index in [4.69, 9.17) is 0 Å². The quantitative estimate of drug-likeness (QED) is 0.545. The fraction of sp³-hybridized carbons (Fsp3) is 0.292. The number of carbonyl (C=O) groups is 1. The molecule has 0 aliphatic rings. The SMILES string of the molecule is CC(C)(C)c1ccc(S(=O)(=O)NCCC(=O)NCc2ccc(-c3cccnc3)nc2)cc1. The molecule has 2 heterocycles. The van der Waals surface area contributed by atoms with Crippen molar-refractivity contribution >= 4 is 15.9 Å². The van der Waals surface area contributed by atoms with E-state index in [9.17, 15) is 13.2 Å². The summed E-state index contributed by atoms with van der Waals surface area (Å²) in [5.41, 5.74) is 3.58. The zero-order valence-electron chi connectivity index (χ0n) is 18.5. The summed E-state index contributed by atoms with van der Waals surface area (Å²) in [4.78, 5) is 20.8. The molecule has 2 aromatic heterocycles. The highest BCUT2D eigenvalue weighted by atomic mass is 32.2. The molecule has 0 aliphatic carbocycles. The zero-order valence-corrected chi connectivity index (χ0v) is 19.3. The number of nitrogens with zero attached hydrogens (tertiary/aromatic N) is 2. The molecule has 168 valence electrons. The number of hydrogen-bond acceptors (Lipinski definition) is 5. The number of rotatable bonds is 8. The Morgan fingerprint density at radius 2 is 1.75 bits per heavy atom. The van der Waals surface area contributed by atoms with Crippen LogP contribution in [0.15, 0.2) is 72.0 Å². The maximum atomic E-state index is 12.4. The molecule has 0 saturated heterocycles. The van der Waals surface area contributed by atoms with Gasteiger partial charge < -0.3 is 5.32 Å². The first-order valence-corrected chi connectivity index (χ1v) is 11.9. The number of benzene rings is 1. The first kappa shape index (κ1) is 23.6. The predicted molar refractivity (Wildman–Crippen MR) is 124 cm³/mol. The van der Waals surface area contributed by atoms with Gasteiger partial charge in [-0.25, -0.2) is 13.1 Å². The third kappa shape index (κ3) is 6.45. The fourth-order valence-corrected chi connectivity index (χ4v) is 4.05. The molecular formula is C24H28N4O3S. The van der Waals surface area contributed by atoms with E-state index in [0.29, 0.717) is 6.54 Å². The van der Waals surface area contributed by atoms with Crippen molar-refractivity contribution in [2.24, 2.45) is 0 Å². The van der Waals surface area contributed by atoms with Crippen LogP contribution in [-0.4, -0.2) is 30.8 Å². The van der Waals surface area contributed by atoms with Crippen LogP contribution in [-0.2, 0) is 26.8 Å². The summed E-state index contributed by atoms with van der Waals surface area (Å²) >= 11 is 0. The lowest BCUT2D eigenvalue weighted by atomic mass is 9.87. The number of amides is 1. The van der Waals surface area contributed by atoms with Gasteiger partial charge in [0.05, 0.1) is 10.6 Å². The second-order valence-corrected chi connectivity index (χ2v) is 10.3. The third-order valence-corrected chi connectivity index (χ3v) is 6.42. The van der Waals surface area contributed by atoms with Gasteiger partial charge in [0.15, 0.2) is 0 Å². The molecule has 0 aliphatic heterocycles. The van der Waals surface area contributed by atoms with Crippen LogP contribution >= 0.6 is 0 Å². The molecule has 0 unspecified atom stereocenters. The third-order valence-electron chi connectivity index (χ3n) is 4.95. The van der Waals surface area contributed by atoms with E-state index < -0.39 is 10.0 Å². The first-order valence-electron chi connectivity index (χ1n) is 10.4. The molecule has 1 amide bonds. The minimum absolute atomic E-state index is 0.0212. The van der Waals surface area contributed by atoms with Crippen LogP contribution in [0.4, 0.5) is 0 Å². The van der Waals surface area contributed by atoms with Gasteiger partial charge in [-0.1, -0.05) is 39.0 Å². The average molecular weight is 453 g/mol. The number of hydrogen-bond donors (Lipinski definition) is 2. The Bertz CT molecular complexity index is 1140. The summed E-state index contributed by atoms with van der Waals surface area (Å²) in [5, 5.41) is 2.78. The highest BCUT2D eigenvalue weighted by Crippen LogP contribution is 2.23. The van der Waals surface area contributed by atoms with Gasteiger partial charge in [-0.3, -0.25) is 14.8 Å². The Hall–Kier alpha value is -3.10. The Balaban J connectivity index is 1.45. The molecule has 0 atom stereocenters. The Kier molecular flexibility index (Phi) is 7.37. The van der Waals surface area contributed by atoms with Crippen molar-refractivity contribution in [1.29, 1.82) is 0 Å². The first-order chi connectivity index (χ1) is 15.1. The molecule has 0 saturated carbocycles. The molecule has 0 radical (unpaired) electrons. The van der Waals surface area contributed by atoms with Gasteiger partial charge in [0.25, 0.3) is 0 Å². The molecule has 7 nitrogen and oxygen atoms in total. The largest absolute Gasteiger partial charge is 0.352 e. The van der Waals surface area contributed by atoms with Crippen molar-refractivity contribution in [3.05, 3.63) is 78.2 Å². The second-order valence-electron chi connectivity index (χ2n) is 8.49. The van der Waals surface area contributed by atoms with Gasteiger partial charge >= 0.3 is 0 Å². The number of nitrogens with one attached hydrogen (secondary N) is 2. The van der Waals surface area contributed by atoms with Crippen molar-refractivity contribution in [1.82, 2.24) is 20.0 Å². The molecular weight excluding hydrogens is 424 g/mol. The normalized spacial score (nSPS) is 11.8. The van der Waals surface area contributed by atoms with Crippen molar-refractivity contribution in [2.75, 3.05) is 6.54 Å². The Labute approximate surface area is 189 Å². The maximum Gasteiger partial charge on any atom is 0.240 e. The van der Waals surface area contributed by atoms with Crippen molar-refractivity contribution in [3.8, 4) is 11.3 Å². The minimum atomic E-state index is -3.66. The Morgan fingerprint density at radius 1 is 1.00 bits per heavy atom. The lowest BCUT2D eigenvalue weighted by molar-refractivity contribution is -0.121. The fourth-order valence-electron chi connectivity index (χ4n) is 3.02. The van der Waals surface area contributed by atoms with Gasteiger partial charge in [-0.05, 0) is 46.9 Å². The molecule has 32 heavy (non-hydrogen) atoms. The minimum Gasteiger partial charge on any atom is -0.352 e. The number of sulfonamides is 1. The zero-order chi connectivity index (χ0) is 23.2. The van der Waals surface area contributed by atoms with Crippen LogP contribution < -0.4 is 10.0 Å². The highest BCUT2D eigenvalue weighted by molar-refractivity contribution is 7.89. The van der Waals surface area contributed by atoms with Gasteiger partial charge in [-0.15, -0.1) is 0 Å². The highest BCUT2D eigenvalue weighted by Gasteiger charge is 2.17. The summed E-state index contributed by atoms with van der Waals surface area (Å²) in [6, 6.07) is 14.3. The van der Waals surface area contributed by atoms with E-state index in [-0.39, 0.29) is 29.2 Å². The van der Waals surface area contributed by atoms with E-state index in [0.717, 1.165) is 22.4 Å². The van der Waals surface area contributed by atoms with E-state index in [1.165, 1.54) is 0 Å². The van der Waals surface area contributed by atoms with E-state index >= 15 is 0 Å². The monoisotopic (exact) mass is 452 g/mol. The molecule has 0 fully saturated rings. The maximum absolute atomic E-state index is 12.4. The van der Waals surface area contributed by atoms with Crippen LogP contribution in [0.5, 0.6) is 0 Å². The van der Waals surface area contributed by atoms with E-state index in [1.807, 2.05) is 36.4 Å². The number of aromatic nitrogens is 2. The van der Waals surface area contributed by atoms with Crippen LogP contribution in [0.3, 0.4) is 0 Å². The topological polar surface area (TPSA) is 101 Å². The van der Waals surface area contributed by atoms with Crippen molar-refractivity contribution in [3.63, 3.8) is 0 Å². The van der Waals surface area contributed by atoms with Gasteiger partial charge in [0, 0.05) is 43.7 Å². The summed E-state index contributed by atoms with van der Waals surface area (Å²) in [5.74, 6) is -0.243. The lowest BCUT2D eigenvalue weighted by Crippen LogP contribution is -2.30. The van der Waals surface area contributed by atoms with E-state index in [2.05, 4.69) is 40.8 Å². The molecule has 0 spiro atoms. The van der Waals surface area contributed by atoms with Gasteiger partial charge in [-0.2, -0.15) is 0 Å². The number of pyridine rings is 2. The second kappa shape index (κ2) is 10.0. The summed E-state index contributed by atoms with van der Waals surface area (Å²) in [6.45, 7) is 6.54. The smallest absolute Gasteiger partial charge is 0.240 e. The standard InChI is InChI=1S/C24H28N4O3S/c1-24(2,3)20-7-9-21(10-8-20)32(30,31)28-14-12-23(29)27-16-18-6-11-22(26-15-18)19-5-4-13-25-17-19/h4-11,13,15,17,28H,12,14,16H2,1-3H3,(H,27,29). The molecule has 1 aromatic carbocycles.